The largest absolute Gasteiger partial charge is 0.310 e. The van der Waals surface area contributed by atoms with Gasteiger partial charge in [-0.25, -0.2) is 0 Å². The van der Waals surface area contributed by atoms with Crippen LogP contribution in [0.15, 0.2) is 24.3 Å². The van der Waals surface area contributed by atoms with Gasteiger partial charge in [0.15, 0.2) is 0 Å². The lowest BCUT2D eigenvalue weighted by Crippen LogP contribution is -2.33. The van der Waals surface area contributed by atoms with Crippen LogP contribution in [-0.2, 0) is 0 Å². The molecule has 0 radical (unpaired) electrons. The molecule has 0 aliphatic heterocycles. The molecule has 0 amide bonds. The Balaban J connectivity index is 1.95. The van der Waals surface area contributed by atoms with E-state index in [9.17, 15) is 0 Å². The van der Waals surface area contributed by atoms with Gasteiger partial charge in [-0.2, -0.15) is 0 Å². The highest BCUT2D eigenvalue weighted by Crippen LogP contribution is 2.29. The van der Waals surface area contributed by atoms with Gasteiger partial charge < -0.3 is 10.2 Å². The van der Waals surface area contributed by atoms with Gasteiger partial charge in [0, 0.05) is 30.2 Å². The Bertz CT molecular complexity index is 429. The highest BCUT2D eigenvalue weighted by atomic mass is 35.5. The van der Waals surface area contributed by atoms with E-state index in [1.165, 1.54) is 31.5 Å². The highest BCUT2D eigenvalue weighted by molar-refractivity contribution is 6.30. The first-order chi connectivity index (χ1) is 10.1. The predicted molar refractivity (Wildman–Crippen MR) is 91.9 cm³/mol. The average molecular weight is 309 g/mol. The topological polar surface area (TPSA) is 15.3 Å². The number of rotatable bonds is 9. The van der Waals surface area contributed by atoms with Gasteiger partial charge in [-0.05, 0) is 49.4 Å². The second-order valence-corrected chi connectivity index (χ2v) is 7.01. The molecule has 1 aliphatic carbocycles. The molecule has 0 bridgehead atoms. The lowest BCUT2D eigenvalue weighted by molar-refractivity contribution is 0.222. The second-order valence-electron chi connectivity index (χ2n) is 6.57. The molecule has 1 aromatic rings. The number of hydrogen-bond donors (Lipinski definition) is 1. The quantitative estimate of drug-likeness (QED) is 0.722. The minimum atomic E-state index is 0.405. The van der Waals surface area contributed by atoms with Crippen molar-refractivity contribution >= 4 is 11.6 Å². The number of nitrogens with zero attached hydrogens (tertiary/aromatic N) is 1. The van der Waals surface area contributed by atoms with Crippen LogP contribution in [0.2, 0.25) is 5.02 Å². The van der Waals surface area contributed by atoms with Gasteiger partial charge in [-0.15, -0.1) is 0 Å². The Morgan fingerprint density at radius 2 is 2.10 bits per heavy atom. The SMILES string of the molecule is CCNC(CCN(CC(C)C)C1CC1)c1cccc(Cl)c1. The van der Waals surface area contributed by atoms with Crippen LogP contribution in [0.4, 0.5) is 0 Å². The summed E-state index contributed by atoms with van der Waals surface area (Å²) < 4.78 is 0. The lowest BCUT2D eigenvalue weighted by atomic mass is 10.0. The molecule has 2 nitrogen and oxygen atoms in total. The maximum Gasteiger partial charge on any atom is 0.0409 e. The fourth-order valence-corrected chi connectivity index (χ4v) is 3.18. The van der Waals surface area contributed by atoms with Crippen molar-refractivity contribution in [2.24, 2.45) is 5.92 Å². The van der Waals surface area contributed by atoms with E-state index in [0.717, 1.165) is 29.9 Å². The van der Waals surface area contributed by atoms with Gasteiger partial charge in [-0.1, -0.05) is 44.5 Å². The van der Waals surface area contributed by atoms with Crippen molar-refractivity contribution in [1.29, 1.82) is 0 Å². The molecule has 1 atom stereocenters. The van der Waals surface area contributed by atoms with E-state index in [-0.39, 0.29) is 0 Å². The fourth-order valence-electron chi connectivity index (χ4n) is 2.98. The Kier molecular flexibility index (Phi) is 6.53. The average Bonchev–Trinajstić information content (AvgIpc) is 3.26. The zero-order valence-electron chi connectivity index (χ0n) is 13.6. The molecular formula is C18H29ClN2. The molecule has 3 heteroatoms. The predicted octanol–water partition coefficient (Wildman–Crippen LogP) is 4.50. The number of halogens is 1. The molecule has 1 unspecified atom stereocenters. The minimum absolute atomic E-state index is 0.405. The zero-order valence-corrected chi connectivity index (χ0v) is 14.4. The Hall–Kier alpha value is -0.570. The van der Waals surface area contributed by atoms with Gasteiger partial charge in [0.2, 0.25) is 0 Å². The Labute approximate surface area is 134 Å². The third-order valence-electron chi connectivity index (χ3n) is 4.07. The normalized spacial score (nSPS) is 16.7. The molecular weight excluding hydrogens is 280 g/mol. The summed E-state index contributed by atoms with van der Waals surface area (Å²) in [7, 11) is 0. The second kappa shape index (κ2) is 8.17. The van der Waals surface area contributed by atoms with Crippen LogP contribution in [-0.4, -0.2) is 30.6 Å². The van der Waals surface area contributed by atoms with Crippen LogP contribution in [0.1, 0.15) is 51.6 Å². The minimum Gasteiger partial charge on any atom is -0.310 e. The summed E-state index contributed by atoms with van der Waals surface area (Å²) >= 11 is 6.14. The standard InChI is InChI=1S/C18H29ClN2/c1-4-20-18(15-6-5-7-16(19)12-15)10-11-21(13-14(2)3)17-8-9-17/h5-7,12,14,17-18,20H,4,8-11,13H2,1-3H3. The maximum atomic E-state index is 6.14. The molecule has 118 valence electrons. The number of nitrogens with one attached hydrogen (secondary N) is 1. The van der Waals surface area contributed by atoms with Gasteiger partial charge in [0.05, 0.1) is 0 Å². The highest BCUT2D eigenvalue weighted by Gasteiger charge is 2.29. The fraction of sp³-hybridized carbons (Fsp3) is 0.667. The molecule has 0 aromatic heterocycles. The first-order valence-corrected chi connectivity index (χ1v) is 8.70. The molecule has 1 aliphatic rings. The van der Waals surface area contributed by atoms with E-state index in [2.05, 4.69) is 49.2 Å². The molecule has 1 saturated carbocycles. The van der Waals surface area contributed by atoms with Crippen LogP contribution >= 0.6 is 11.6 Å². The van der Waals surface area contributed by atoms with Crippen molar-refractivity contribution in [3.05, 3.63) is 34.9 Å². The van der Waals surface area contributed by atoms with E-state index >= 15 is 0 Å². The summed E-state index contributed by atoms with van der Waals surface area (Å²) in [5.41, 5.74) is 1.31. The number of hydrogen-bond acceptors (Lipinski definition) is 2. The maximum absolute atomic E-state index is 6.14. The molecule has 0 spiro atoms. The molecule has 1 fully saturated rings. The van der Waals surface area contributed by atoms with Crippen molar-refractivity contribution in [2.75, 3.05) is 19.6 Å². The molecule has 0 heterocycles. The van der Waals surface area contributed by atoms with Gasteiger partial charge in [0.1, 0.15) is 0 Å². The Morgan fingerprint density at radius 3 is 2.67 bits per heavy atom. The summed E-state index contributed by atoms with van der Waals surface area (Å²) in [6, 6.07) is 9.52. The first-order valence-electron chi connectivity index (χ1n) is 8.33. The van der Waals surface area contributed by atoms with Crippen molar-refractivity contribution in [3.8, 4) is 0 Å². The van der Waals surface area contributed by atoms with Gasteiger partial charge in [0.25, 0.3) is 0 Å². The first kappa shape index (κ1) is 16.8. The third kappa shape index (κ3) is 5.61. The van der Waals surface area contributed by atoms with E-state index < -0.39 is 0 Å². The van der Waals surface area contributed by atoms with Crippen LogP contribution in [0.25, 0.3) is 0 Å². The van der Waals surface area contributed by atoms with Crippen LogP contribution in [0.3, 0.4) is 0 Å². The number of benzene rings is 1. The lowest BCUT2D eigenvalue weighted by Gasteiger charge is -2.27. The van der Waals surface area contributed by atoms with Gasteiger partial charge in [-0.3, -0.25) is 0 Å². The molecule has 2 rings (SSSR count). The smallest absolute Gasteiger partial charge is 0.0409 e. The molecule has 1 aromatic carbocycles. The van der Waals surface area contributed by atoms with Crippen LogP contribution in [0.5, 0.6) is 0 Å². The van der Waals surface area contributed by atoms with Gasteiger partial charge >= 0.3 is 0 Å². The van der Waals surface area contributed by atoms with Crippen LogP contribution < -0.4 is 5.32 Å². The monoisotopic (exact) mass is 308 g/mol. The molecule has 21 heavy (non-hydrogen) atoms. The third-order valence-corrected chi connectivity index (χ3v) is 4.30. The van der Waals surface area contributed by atoms with E-state index in [4.69, 9.17) is 11.6 Å². The van der Waals surface area contributed by atoms with Crippen molar-refractivity contribution in [3.63, 3.8) is 0 Å². The summed E-state index contributed by atoms with van der Waals surface area (Å²) in [5.74, 6) is 0.745. The molecule has 1 N–H and O–H groups in total. The van der Waals surface area contributed by atoms with E-state index in [1.807, 2.05) is 6.07 Å². The summed E-state index contributed by atoms with van der Waals surface area (Å²) in [6.07, 6.45) is 3.92. The summed E-state index contributed by atoms with van der Waals surface area (Å²) in [4.78, 5) is 2.68. The zero-order chi connectivity index (χ0) is 15.2. The molecule has 0 saturated heterocycles. The van der Waals surface area contributed by atoms with Crippen LogP contribution in [0, 0.1) is 5.92 Å². The summed E-state index contributed by atoms with van der Waals surface area (Å²) in [6.45, 7) is 10.2. The van der Waals surface area contributed by atoms with Crippen molar-refractivity contribution in [2.45, 2.75) is 52.1 Å². The van der Waals surface area contributed by atoms with Crippen molar-refractivity contribution in [1.82, 2.24) is 10.2 Å². The summed E-state index contributed by atoms with van der Waals surface area (Å²) in [5, 5.41) is 4.44. The Morgan fingerprint density at radius 1 is 1.33 bits per heavy atom. The van der Waals surface area contributed by atoms with E-state index in [1.54, 1.807) is 0 Å². The van der Waals surface area contributed by atoms with E-state index in [0.29, 0.717) is 6.04 Å². The van der Waals surface area contributed by atoms with Crippen molar-refractivity contribution < 1.29 is 0 Å².